The highest BCUT2D eigenvalue weighted by Gasteiger charge is 2.09. The molecule has 0 aliphatic rings. The fraction of sp³-hybridized carbons (Fsp3) is 0.0714. The van der Waals surface area contributed by atoms with Crippen molar-refractivity contribution in [2.75, 3.05) is 5.32 Å². The highest BCUT2D eigenvalue weighted by atomic mass is 79.9. The van der Waals surface area contributed by atoms with Crippen molar-refractivity contribution < 1.29 is 14.3 Å². The number of phenols is 1. The first-order chi connectivity index (χ1) is 9.04. The molecule has 0 heterocycles. The van der Waals surface area contributed by atoms with Crippen LogP contribution in [0.3, 0.4) is 0 Å². The molecule has 0 aromatic heterocycles. The fourth-order valence-electron chi connectivity index (χ4n) is 1.64. The number of carbonyl (C=O) groups is 1. The molecule has 0 radical (unpaired) electrons. The largest absolute Gasteiger partial charge is 0.508 e. The maximum atomic E-state index is 13.5. The molecule has 0 aliphatic heterocycles. The topological polar surface area (TPSA) is 49.3 Å². The molecular weight excluding hydrogens is 313 g/mol. The lowest BCUT2D eigenvalue weighted by molar-refractivity contribution is -0.115. The minimum atomic E-state index is -0.422. The summed E-state index contributed by atoms with van der Waals surface area (Å²) in [5.41, 5.74) is 0.785. The smallest absolute Gasteiger partial charge is 0.228 e. The summed E-state index contributed by atoms with van der Waals surface area (Å²) >= 11 is 3.23. The Bertz CT molecular complexity index is 616. The lowest BCUT2D eigenvalue weighted by atomic mass is 10.1. The third kappa shape index (κ3) is 3.79. The summed E-state index contributed by atoms with van der Waals surface area (Å²) in [5, 5.41) is 11.9. The molecule has 0 unspecified atom stereocenters. The van der Waals surface area contributed by atoms with Gasteiger partial charge in [0.05, 0.1) is 6.42 Å². The van der Waals surface area contributed by atoms with Gasteiger partial charge in [-0.05, 0) is 35.9 Å². The summed E-state index contributed by atoms with van der Waals surface area (Å²) in [6.07, 6.45) is -0.0685. The molecule has 2 aromatic rings. The normalized spacial score (nSPS) is 10.2. The van der Waals surface area contributed by atoms with Crippen molar-refractivity contribution in [1.29, 1.82) is 0 Å². The molecule has 2 aromatic carbocycles. The Balaban J connectivity index is 2.07. The van der Waals surface area contributed by atoms with E-state index in [9.17, 15) is 14.3 Å². The Morgan fingerprint density at radius 3 is 2.79 bits per heavy atom. The molecule has 19 heavy (non-hydrogen) atoms. The van der Waals surface area contributed by atoms with Crippen LogP contribution in [0.25, 0.3) is 0 Å². The van der Waals surface area contributed by atoms with Gasteiger partial charge >= 0.3 is 0 Å². The maximum Gasteiger partial charge on any atom is 0.228 e. The lowest BCUT2D eigenvalue weighted by Gasteiger charge is -2.07. The van der Waals surface area contributed by atoms with Crippen LogP contribution in [-0.2, 0) is 11.2 Å². The van der Waals surface area contributed by atoms with Crippen LogP contribution < -0.4 is 5.32 Å². The van der Waals surface area contributed by atoms with Crippen molar-refractivity contribution in [2.24, 2.45) is 0 Å². The number of anilines is 1. The summed E-state index contributed by atoms with van der Waals surface area (Å²) in [6, 6.07) is 10.6. The van der Waals surface area contributed by atoms with Gasteiger partial charge in [-0.1, -0.05) is 22.0 Å². The highest BCUT2D eigenvalue weighted by Crippen LogP contribution is 2.18. The zero-order chi connectivity index (χ0) is 13.8. The molecule has 0 spiro atoms. The van der Waals surface area contributed by atoms with Crippen molar-refractivity contribution in [2.45, 2.75) is 6.42 Å². The number of hydrogen-bond acceptors (Lipinski definition) is 2. The second kappa shape index (κ2) is 5.84. The van der Waals surface area contributed by atoms with E-state index in [4.69, 9.17) is 0 Å². The summed E-state index contributed by atoms with van der Waals surface area (Å²) in [5.74, 6) is -0.705. The van der Waals surface area contributed by atoms with E-state index in [0.29, 0.717) is 15.7 Å². The van der Waals surface area contributed by atoms with Crippen molar-refractivity contribution in [3.8, 4) is 5.75 Å². The first-order valence-electron chi connectivity index (χ1n) is 5.57. The molecule has 2 rings (SSSR count). The number of nitrogens with one attached hydrogen (secondary N) is 1. The molecule has 0 saturated carbocycles. The number of hydrogen-bond donors (Lipinski definition) is 2. The van der Waals surface area contributed by atoms with Crippen LogP contribution in [0.5, 0.6) is 5.75 Å². The van der Waals surface area contributed by atoms with Crippen LogP contribution >= 0.6 is 15.9 Å². The van der Waals surface area contributed by atoms with Gasteiger partial charge in [0.2, 0.25) is 5.91 Å². The van der Waals surface area contributed by atoms with Crippen LogP contribution in [0.15, 0.2) is 46.9 Å². The average Bonchev–Trinajstić information content (AvgIpc) is 2.34. The molecule has 0 atom stereocenters. The number of amides is 1. The highest BCUT2D eigenvalue weighted by molar-refractivity contribution is 9.10. The van der Waals surface area contributed by atoms with Crippen molar-refractivity contribution in [3.05, 3.63) is 58.3 Å². The summed E-state index contributed by atoms with van der Waals surface area (Å²) in [6.45, 7) is 0. The first-order valence-corrected chi connectivity index (χ1v) is 6.37. The van der Waals surface area contributed by atoms with E-state index in [1.165, 1.54) is 18.2 Å². The Hall–Kier alpha value is -1.88. The van der Waals surface area contributed by atoms with Crippen LogP contribution in [0, 0.1) is 5.82 Å². The Kier molecular flexibility index (Phi) is 4.16. The maximum absolute atomic E-state index is 13.5. The van der Waals surface area contributed by atoms with Gasteiger partial charge in [0, 0.05) is 16.2 Å². The van der Waals surface area contributed by atoms with Gasteiger partial charge in [-0.25, -0.2) is 4.39 Å². The standard InChI is InChI=1S/C14H11BrFNO2/c15-10-4-5-13(16)9(6-10)7-14(19)17-11-2-1-3-12(18)8-11/h1-6,8,18H,7H2,(H,17,19). The molecule has 0 aliphatic carbocycles. The third-order valence-electron chi connectivity index (χ3n) is 2.49. The minimum absolute atomic E-state index is 0.0615. The van der Waals surface area contributed by atoms with Gasteiger partial charge in [0.15, 0.2) is 0 Å². The van der Waals surface area contributed by atoms with Gasteiger partial charge in [-0.2, -0.15) is 0 Å². The van der Waals surface area contributed by atoms with Crippen LogP contribution in [0.4, 0.5) is 10.1 Å². The van der Waals surface area contributed by atoms with Crippen LogP contribution in [0.2, 0.25) is 0 Å². The van der Waals surface area contributed by atoms with E-state index in [1.54, 1.807) is 24.3 Å². The van der Waals surface area contributed by atoms with Gasteiger partial charge in [-0.3, -0.25) is 4.79 Å². The second-order valence-corrected chi connectivity index (χ2v) is 4.93. The first kappa shape index (κ1) is 13.5. The van der Waals surface area contributed by atoms with E-state index >= 15 is 0 Å². The third-order valence-corrected chi connectivity index (χ3v) is 2.98. The Morgan fingerprint density at radius 1 is 1.26 bits per heavy atom. The van der Waals surface area contributed by atoms with Gasteiger partial charge < -0.3 is 10.4 Å². The number of rotatable bonds is 3. The number of aromatic hydroxyl groups is 1. The quantitative estimate of drug-likeness (QED) is 0.908. The SMILES string of the molecule is O=C(Cc1cc(Br)ccc1F)Nc1cccc(O)c1. The number of halogens is 2. The minimum Gasteiger partial charge on any atom is -0.508 e. The zero-order valence-corrected chi connectivity index (χ0v) is 11.4. The average molecular weight is 324 g/mol. The van der Waals surface area contributed by atoms with Gasteiger partial charge in [-0.15, -0.1) is 0 Å². The molecule has 98 valence electrons. The van der Waals surface area contributed by atoms with Gasteiger partial charge in [0.1, 0.15) is 11.6 Å². The number of benzene rings is 2. The van der Waals surface area contributed by atoms with E-state index in [2.05, 4.69) is 21.2 Å². The second-order valence-electron chi connectivity index (χ2n) is 4.01. The predicted octanol–water partition coefficient (Wildman–Crippen LogP) is 3.48. The summed E-state index contributed by atoms with van der Waals surface area (Å²) in [4.78, 5) is 11.8. The molecular formula is C14H11BrFNO2. The molecule has 0 bridgehead atoms. The fourth-order valence-corrected chi connectivity index (χ4v) is 2.05. The van der Waals surface area contributed by atoms with Crippen molar-refractivity contribution in [1.82, 2.24) is 0 Å². The Labute approximate surface area is 118 Å². The van der Waals surface area contributed by atoms with Crippen LogP contribution in [-0.4, -0.2) is 11.0 Å². The lowest BCUT2D eigenvalue weighted by Crippen LogP contribution is -2.15. The van der Waals surface area contributed by atoms with Crippen LogP contribution in [0.1, 0.15) is 5.56 Å². The number of phenolic OH excluding ortho intramolecular Hbond substituents is 1. The van der Waals surface area contributed by atoms with E-state index < -0.39 is 5.82 Å². The predicted molar refractivity (Wildman–Crippen MR) is 74.5 cm³/mol. The molecule has 0 saturated heterocycles. The monoisotopic (exact) mass is 323 g/mol. The van der Waals surface area contributed by atoms with Crippen molar-refractivity contribution >= 4 is 27.5 Å². The molecule has 3 nitrogen and oxygen atoms in total. The molecule has 1 amide bonds. The molecule has 0 fully saturated rings. The molecule has 5 heteroatoms. The summed E-state index contributed by atoms with van der Waals surface area (Å²) in [7, 11) is 0. The summed E-state index contributed by atoms with van der Waals surface area (Å²) < 4.78 is 14.2. The van der Waals surface area contributed by atoms with Crippen molar-refractivity contribution in [3.63, 3.8) is 0 Å². The Morgan fingerprint density at radius 2 is 2.05 bits per heavy atom. The van der Waals surface area contributed by atoms with E-state index in [-0.39, 0.29) is 18.1 Å². The molecule has 2 N–H and O–H groups in total. The van der Waals surface area contributed by atoms with E-state index in [1.807, 2.05) is 0 Å². The van der Waals surface area contributed by atoms with Gasteiger partial charge in [0.25, 0.3) is 0 Å². The number of carbonyl (C=O) groups excluding carboxylic acids is 1. The zero-order valence-electron chi connectivity index (χ0n) is 9.86. The van der Waals surface area contributed by atoms with E-state index in [0.717, 1.165) is 0 Å².